The van der Waals surface area contributed by atoms with Crippen LogP contribution in [0, 0.1) is 0 Å². The Labute approximate surface area is 214 Å². The zero-order valence-corrected chi connectivity index (χ0v) is 20.2. The molecule has 2 atom stereocenters. The number of likely N-dealkylation sites (tertiary alicyclic amines) is 1. The Morgan fingerprint density at radius 3 is 2.16 bits per heavy atom. The Morgan fingerprint density at radius 2 is 1.51 bits per heavy atom. The lowest BCUT2D eigenvalue weighted by atomic mass is 10.1. The number of carboxylic acids is 1. The van der Waals surface area contributed by atoms with E-state index in [0.717, 1.165) is 16.8 Å². The molecule has 9 nitrogen and oxygen atoms in total. The third kappa shape index (κ3) is 7.23. The number of amides is 2. The number of carboxylic acid groups (broad SMARTS) is 1. The first kappa shape index (κ1) is 25.6. The highest BCUT2D eigenvalue weighted by molar-refractivity contribution is 5.89. The van der Waals surface area contributed by atoms with E-state index in [-0.39, 0.29) is 13.0 Å². The highest BCUT2D eigenvalue weighted by Gasteiger charge is 2.36. The smallest absolute Gasteiger partial charge is 0.410 e. The summed E-state index contributed by atoms with van der Waals surface area (Å²) in [4.78, 5) is 38.7. The maximum atomic E-state index is 12.9. The van der Waals surface area contributed by atoms with Gasteiger partial charge < -0.3 is 15.2 Å². The van der Waals surface area contributed by atoms with Gasteiger partial charge in [-0.3, -0.25) is 9.69 Å². The van der Waals surface area contributed by atoms with E-state index in [1.54, 1.807) is 36.4 Å². The zero-order valence-electron chi connectivity index (χ0n) is 20.2. The van der Waals surface area contributed by atoms with Crippen LogP contribution < -0.4 is 5.32 Å². The standard InChI is InChI=1S/C28H28N4O5/c33-26(29-24(27(34)35)18-20-8-3-1-4-9-20)25-12-7-17-32(25)28(36)37-19-21-13-15-23(16-14-21)31-30-22-10-5-2-6-11-22/h1-6,8-11,13-16,24-25H,7,12,17-19H2,(H,29,33)(H,34,35)/t24-,25-/m0/s1. The number of benzene rings is 3. The fourth-order valence-corrected chi connectivity index (χ4v) is 4.07. The summed E-state index contributed by atoms with van der Waals surface area (Å²) in [6.07, 6.45) is 0.616. The SMILES string of the molecule is O=C(O)[C@H](Cc1ccccc1)NC(=O)[C@@H]1CCCN1C(=O)OCc1ccc(N=Nc2ccccc2)cc1. The van der Waals surface area contributed by atoms with Crippen LogP contribution in [0.25, 0.3) is 0 Å². The van der Waals surface area contributed by atoms with E-state index >= 15 is 0 Å². The Balaban J connectivity index is 1.30. The van der Waals surface area contributed by atoms with Crippen LogP contribution in [0.3, 0.4) is 0 Å². The first-order valence-electron chi connectivity index (χ1n) is 12.1. The third-order valence-electron chi connectivity index (χ3n) is 6.02. The summed E-state index contributed by atoms with van der Waals surface area (Å²) in [6.45, 7) is 0.400. The number of hydrogen-bond donors (Lipinski definition) is 2. The van der Waals surface area contributed by atoms with E-state index in [1.807, 2.05) is 48.5 Å². The summed E-state index contributed by atoms with van der Waals surface area (Å²) in [5.41, 5.74) is 2.98. The van der Waals surface area contributed by atoms with E-state index in [1.165, 1.54) is 4.90 Å². The average Bonchev–Trinajstić information content (AvgIpc) is 3.42. The Morgan fingerprint density at radius 1 is 0.892 bits per heavy atom. The number of ether oxygens (including phenoxy) is 1. The van der Waals surface area contributed by atoms with Gasteiger partial charge in [-0.1, -0.05) is 60.7 Å². The van der Waals surface area contributed by atoms with Crippen molar-refractivity contribution in [3.63, 3.8) is 0 Å². The molecule has 2 N–H and O–H groups in total. The van der Waals surface area contributed by atoms with Crippen molar-refractivity contribution in [2.75, 3.05) is 6.54 Å². The van der Waals surface area contributed by atoms with E-state index in [9.17, 15) is 19.5 Å². The van der Waals surface area contributed by atoms with E-state index in [0.29, 0.717) is 25.1 Å². The highest BCUT2D eigenvalue weighted by Crippen LogP contribution is 2.21. The summed E-state index contributed by atoms with van der Waals surface area (Å²) in [5, 5.41) is 20.5. The number of azo groups is 1. The summed E-state index contributed by atoms with van der Waals surface area (Å²) < 4.78 is 5.45. The molecule has 2 amide bonds. The molecular weight excluding hydrogens is 472 g/mol. The molecule has 1 saturated heterocycles. The fraction of sp³-hybridized carbons (Fsp3) is 0.250. The van der Waals surface area contributed by atoms with Crippen LogP contribution in [0.5, 0.6) is 0 Å². The molecule has 1 fully saturated rings. The van der Waals surface area contributed by atoms with Gasteiger partial charge in [-0.25, -0.2) is 9.59 Å². The molecule has 0 saturated carbocycles. The molecule has 3 aromatic carbocycles. The fourth-order valence-electron chi connectivity index (χ4n) is 4.07. The molecule has 37 heavy (non-hydrogen) atoms. The largest absolute Gasteiger partial charge is 0.480 e. The Hall–Kier alpha value is -4.53. The maximum Gasteiger partial charge on any atom is 0.410 e. The van der Waals surface area contributed by atoms with Crippen molar-refractivity contribution >= 4 is 29.3 Å². The lowest BCUT2D eigenvalue weighted by Gasteiger charge is -2.25. The monoisotopic (exact) mass is 500 g/mol. The predicted octanol–water partition coefficient (Wildman–Crippen LogP) is 5.02. The van der Waals surface area contributed by atoms with Crippen molar-refractivity contribution in [1.82, 2.24) is 10.2 Å². The highest BCUT2D eigenvalue weighted by atomic mass is 16.6. The molecule has 3 aromatic rings. The molecule has 0 unspecified atom stereocenters. The molecule has 4 rings (SSSR count). The van der Waals surface area contributed by atoms with Crippen LogP contribution in [0.15, 0.2) is 95.2 Å². The Bertz CT molecular complexity index is 1230. The van der Waals surface area contributed by atoms with Gasteiger partial charge in [0, 0.05) is 13.0 Å². The topological polar surface area (TPSA) is 121 Å². The van der Waals surface area contributed by atoms with Gasteiger partial charge in [-0.2, -0.15) is 10.2 Å². The molecule has 0 spiro atoms. The minimum Gasteiger partial charge on any atom is -0.480 e. The van der Waals surface area contributed by atoms with Crippen LogP contribution in [0.4, 0.5) is 16.2 Å². The molecule has 0 bridgehead atoms. The maximum absolute atomic E-state index is 12.9. The van der Waals surface area contributed by atoms with Gasteiger partial charge in [0.05, 0.1) is 11.4 Å². The van der Waals surface area contributed by atoms with Crippen LogP contribution in [0.2, 0.25) is 0 Å². The molecule has 1 aliphatic rings. The summed E-state index contributed by atoms with van der Waals surface area (Å²) in [7, 11) is 0. The zero-order chi connectivity index (χ0) is 26.0. The second kappa shape index (κ2) is 12.4. The number of hydrogen-bond acceptors (Lipinski definition) is 6. The first-order valence-corrected chi connectivity index (χ1v) is 12.1. The quantitative estimate of drug-likeness (QED) is 0.400. The summed E-state index contributed by atoms with van der Waals surface area (Å²) >= 11 is 0. The third-order valence-corrected chi connectivity index (χ3v) is 6.02. The first-order chi connectivity index (χ1) is 18.0. The molecule has 9 heteroatoms. The number of carbonyl (C=O) groups is 3. The lowest BCUT2D eigenvalue weighted by Crippen LogP contribution is -2.51. The van der Waals surface area contributed by atoms with Gasteiger partial charge in [-0.05, 0) is 48.2 Å². The van der Waals surface area contributed by atoms with Gasteiger partial charge >= 0.3 is 12.1 Å². The molecule has 190 valence electrons. The van der Waals surface area contributed by atoms with Gasteiger partial charge in [0.25, 0.3) is 0 Å². The van der Waals surface area contributed by atoms with Crippen molar-refractivity contribution in [3.8, 4) is 0 Å². The van der Waals surface area contributed by atoms with Crippen molar-refractivity contribution in [2.45, 2.75) is 38.0 Å². The number of carbonyl (C=O) groups excluding carboxylic acids is 2. The number of nitrogens with one attached hydrogen (secondary N) is 1. The lowest BCUT2D eigenvalue weighted by molar-refractivity contribution is -0.142. The van der Waals surface area contributed by atoms with Gasteiger partial charge in [0.15, 0.2) is 0 Å². The van der Waals surface area contributed by atoms with Gasteiger partial charge in [0.2, 0.25) is 5.91 Å². The minimum absolute atomic E-state index is 0.0333. The summed E-state index contributed by atoms with van der Waals surface area (Å²) in [5.74, 6) is -1.62. The number of rotatable bonds is 9. The van der Waals surface area contributed by atoms with E-state index < -0.39 is 30.1 Å². The van der Waals surface area contributed by atoms with Crippen LogP contribution in [0.1, 0.15) is 24.0 Å². The molecule has 0 radical (unpaired) electrons. The second-order valence-corrected chi connectivity index (χ2v) is 8.70. The molecule has 0 aliphatic carbocycles. The molecular formula is C28H28N4O5. The van der Waals surface area contributed by atoms with E-state index in [4.69, 9.17) is 4.74 Å². The van der Waals surface area contributed by atoms with Crippen LogP contribution >= 0.6 is 0 Å². The van der Waals surface area contributed by atoms with Crippen molar-refractivity contribution in [2.24, 2.45) is 10.2 Å². The molecule has 1 aliphatic heterocycles. The average molecular weight is 501 g/mol. The van der Waals surface area contributed by atoms with Crippen molar-refractivity contribution in [3.05, 3.63) is 96.1 Å². The van der Waals surface area contributed by atoms with Gasteiger partial charge in [-0.15, -0.1) is 0 Å². The second-order valence-electron chi connectivity index (χ2n) is 8.70. The van der Waals surface area contributed by atoms with Crippen LogP contribution in [-0.2, 0) is 27.4 Å². The minimum atomic E-state index is -1.13. The van der Waals surface area contributed by atoms with E-state index in [2.05, 4.69) is 15.5 Å². The summed E-state index contributed by atoms with van der Waals surface area (Å²) in [6, 6.07) is 23.7. The number of aliphatic carboxylic acids is 1. The van der Waals surface area contributed by atoms with Crippen molar-refractivity contribution < 1.29 is 24.2 Å². The molecule has 1 heterocycles. The molecule has 0 aromatic heterocycles. The predicted molar refractivity (Wildman–Crippen MR) is 137 cm³/mol. The van der Waals surface area contributed by atoms with Crippen LogP contribution in [-0.4, -0.2) is 46.6 Å². The number of nitrogens with zero attached hydrogens (tertiary/aromatic N) is 3. The normalized spacial score (nSPS) is 15.9. The van der Waals surface area contributed by atoms with Gasteiger partial charge in [0.1, 0.15) is 18.7 Å². The Kier molecular flexibility index (Phi) is 8.59. The van der Waals surface area contributed by atoms with Crippen molar-refractivity contribution in [1.29, 1.82) is 0 Å².